The molecule has 0 fully saturated rings. The van der Waals surface area contributed by atoms with E-state index < -0.39 is 11.5 Å². The molecule has 4 N–H and O–H groups in total. The van der Waals surface area contributed by atoms with Crippen molar-refractivity contribution < 1.29 is 20.4 Å². The Kier molecular flexibility index (Phi) is 23.9. The molecule has 4 nitrogen and oxygen atoms in total. The van der Waals surface area contributed by atoms with Crippen LogP contribution < -0.4 is 0 Å². The van der Waals surface area contributed by atoms with Crippen molar-refractivity contribution in [3.63, 3.8) is 0 Å². The lowest BCUT2D eigenvalue weighted by Crippen LogP contribution is -2.45. The highest BCUT2D eigenvalue weighted by Gasteiger charge is 2.35. The van der Waals surface area contributed by atoms with Gasteiger partial charge < -0.3 is 20.4 Å². The van der Waals surface area contributed by atoms with Crippen molar-refractivity contribution in [1.82, 2.24) is 0 Å². The van der Waals surface area contributed by atoms with Gasteiger partial charge in [0.15, 0.2) is 0 Å². The molecule has 194 valence electrons. The molecule has 0 saturated carbocycles. The predicted octanol–water partition coefficient (Wildman–Crippen LogP) is 6.91. The van der Waals surface area contributed by atoms with Crippen molar-refractivity contribution in [3.8, 4) is 0 Å². The molecule has 0 saturated heterocycles. The van der Waals surface area contributed by atoms with Crippen LogP contribution in [-0.2, 0) is 0 Å². The normalized spacial score (nSPS) is 13.0. The van der Waals surface area contributed by atoms with E-state index in [1.807, 2.05) is 0 Å². The summed E-state index contributed by atoms with van der Waals surface area (Å²) in [6.45, 7) is 1.12. The number of aliphatic hydroxyl groups excluding tert-OH is 4. The molecule has 1 atom stereocenters. The summed E-state index contributed by atoms with van der Waals surface area (Å²) in [7, 11) is 0. The van der Waals surface area contributed by atoms with E-state index >= 15 is 0 Å². The van der Waals surface area contributed by atoms with E-state index in [1.54, 1.807) is 0 Å². The highest BCUT2D eigenvalue weighted by atomic mass is 16.3. The average Bonchev–Trinajstić information content (AvgIpc) is 2.81. The molecule has 32 heavy (non-hydrogen) atoms. The molecule has 0 aliphatic heterocycles. The largest absolute Gasteiger partial charge is 0.396 e. The summed E-state index contributed by atoms with van der Waals surface area (Å²) < 4.78 is 0. The van der Waals surface area contributed by atoms with Gasteiger partial charge in [0.2, 0.25) is 0 Å². The monoisotopic (exact) mass is 458 g/mol. The molecule has 0 aromatic rings. The summed E-state index contributed by atoms with van der Waals surface area (Å²) in [4.78, 5) is 0. The van der Waals surface area contributed by atoms with Gasteiger partial charge in [-0.2, -0.15) is 0 Å². The third-order valence-electron chi connectivity index (χ3n) is 7.23. The zero-order chi connectivity index (χ0) is 23.8. The molecular weight excluding hydrogens is 400 g/mol. The molecule has 0 bridgehead atoms. The second-order valence-electron chi connectivity index (χ2n) is 10.2. The summed E-state index contributed by atoms with van der Waals surface area (Å²) in [5.41, 5.74) is -1.16. The van der Waals surface area contributed by atoms with Gasteiger partial charge in [0.05, 0.1) is 31.3 Å². The van der Waals surface area contributed by atoms with E-state index in [1.165, 1.54) is 122 Å². The Morgan fingerprint density at radius 2 is 0.688 bits per heavy atom. The van der Waals surface area contributed by atoms with Gasteiger partial charge in [-0.25, -0.2) is 0 Å². The molecule has 0 radical (unpaired) electrons. The topological polar surface area (TPSA) is 80.9 Å². The summed E-state index contributed by atoms with van der Waals surface area (Å²) in [6, 6.07) is 0. The molecule has 0 aliphatic carbocycles. The van der Waals surface area contributed by atoms with E-state index in [0.29, 0.717) is 6.42 Å². The van der Waals surface area contributed by atoms with Crippen LogP contribution in [0, 0.1) is 5.41 Å². The predicted molar refractivity (Wildman–Crippen MR) is 137 cm³/mol. The molecule has 0 rings (SSSR count). The van der Waals surface area contributed by atoms with Gasteiger partial charge in [-0.3, -0.25) is 0 Å². The lowest BCUT2D eigenvalue weighted by Gasteiger charge is -2.32. The van der Waals surface area contributed by atoms with Crippen LogP contribution in [-0.4, -0.2) is 46.4 Å². The van der Waals surface area contributed by atoms with Gasteiger partial charge in [-0.15, -0.1) is 0 Å². The minimum absolute atomic E-state index is 0.388. The summed E-state index contributed by atoms with van der Waals surface area (Å²) in [6.07, 6.45) is 28.0. The Morgan fingerprint density at radius 1 is 0.438 bits per heavy atom. The molecule has 0 amide bonds. The van der Waals surface area contributed by atoms with Crippen LogP contribution in [0.1, 0.15) is 148 Å². The van der Waals surface area contributed by atoms with Crippen molar-refractivity contribution >= 4 is 0 Å². The fourth-order valence-electron chi connectivity index (χ4n) is 4.54. The van der Waals surface area contributed by atoms with E-state index in [-0.39, 0.29) is 19.8 Å². The Morgan fingerprint density at radius 3 is 0.938 bits per heavy atom. The smallest absolute Gasteiger partial charge is 0.0662 e. The minimum atomic E-state index is -1.16. The third-order valence-corrected chi connectivity index (χ3v) is 7.23. The van der Waals surface area contributed by atoms with Gasteiger partial charge >= 0.3 is 0 Å². The number of unbranched alkanes of at least 4 members (excludes halogenated alkanes) is 20. The first-order valence-electron chi connectivity index (χ1n) is 14.2. The molecule has 0 spiro atoms. The fourth-order valence-corrected chi connectivity index (χ4v) is 4.54. The minimum Gasteiger partial charge on any atom is -0.396 e. The standard InChI is InChI=1S/C28H58O4/c1-2-3-4-5-6-7-8-9-10-11-12-13-14-15-16-17-18-19-20-21-22-23-27(32)28(24-29,25-30)26-31/h27,29-32H,2-26H2,1H3. The van der Waals surface area contributed by atoms with E-state index in [0.717, 1.165) is 12.8 Å². The maximum absolute atomic E-state index is 10.1. The van der Waals surface area contributed by atoms with Crippen LogP contribution in [0.3, 0.4) is 0 Å². The molecule has 0 aromatic carbocycles. The van der Waals surface area contributed by atoms with Crippen LogP contribution in [0.4, 0.5) is 0 Å². The van der Waals surface area contributed by atoms with Gasteiger partial charge in [-0.05, 0) is 6.42 Å². The molecule has 4 heteroatoms. The maximum atomic E-state index is 10.1. The number of rotatable bonds is 26. The second-order valence-corrected chi connectivity index (χ2v) is 10.2. The molecular formula is C28H58O4. The lowest BCUT2D eigenvalue weighted by molar-refractivity contribution is -0.0863. The van der Waals surface area contributed by atoms with Crippen LogP contribution in [0.2, 0.25) is 0 Å². The first kappa shape index (κ1) is 31.8. The first-order chi connectivity index (χ1) is 15.7. The first-order valence-corrected chi connectivity index (χ1v) is 14.2. The molecule has 1 unspecified atom stereocenters. The number of hydrogen-bond donors (Lipinski definition) is 4. The molecule has 0 aliphatic rings. The number of aliphatic hydroxyl groups is 4. The quantitative estimate of drug-likeness (QED) is 0.106. The van der Waals surface area contributed by atoms with E-state index in [4.69, 9.17) is 0 Å². The van der Waals surface area contributed by atoms with Crippen molar-refractivity contribution in [2.75, 3.05) is 19.8 Å². The average molecular weight is 459 g/mol. The van der Waals surface area contributed by atoms with E-state index in [2.05, 4.69) is 6.92 Å². The maximum Gasteiger partial charge on any atom is 0.0662 e. The Labute approximate surface area is 200 Å². The highest BCUT2D eigenvalue weighted by Crippen LogP contribution is 2.25. The molecule has 0 aromatic heterocycles. The SMILES string of the molecule is CCCCCCCCCCCCCCCCCCCCCCCC(O)C(CO)(CO)CO. The number of hydrogen-bond acceptors (Lipinski definition) is 4. The Balaban J connectivity index is 3.26. The summed E-state index contributed by atoms with van der Waals surface area (Å²) in [5, 5.41) is 38.2. The van der Waals surface area contributed by atoms with Crippen LogP contribution in [0.25, 0.3) is 0 Å². The Hall–Kier alpha value is -0.160. The highest BCUT2D eigenvalue weighted by molar-refractivity contribution is 4.84. The van der Waals surface area contributed by atoms with Gasteiger partial charge in [-0.1, -0.05) is 142 Å². The lowest BCUT2D eigenvalue weighted by atomic mass is 9.82. The summed E-state index contributed by atoms with van der Waals surface area (Å²) in [5.74, 6) is 0. The van der Waals surface area contributed by atoms with Gasteiger partial charge in [0.25, 0.3) is 0 Å². The zero-order valence-corrected chi connectivity index (χ0v) is 21.5. The van der Waals surface area contributed by atoms with Crippen LogP contribution in [0.15, 0.2) is 0 Å². The third kappa shape index (κ3) is 17.3. The van der Waals surface area contributed by atoms with Crippen LogP contribution in [0.5, 0.6) is 0 Å². The second kappa shape index (κ2) is 24.0. The van der Waals surface area contributed by atoms with Crippen molar-refractivity contribution in [2.24, 2.45) is 5.41 Å². The Bertz CT molecular complexity index is 349. The summed E-state index contributed by atoms with van der Waals surface area (Å²) >= 11 is 0. The van der Waals surface area contributed by atoms with Crippen molar-refractivity contribution in [3.05, 3.63) is 0 Å². The van der Waals surface area contributed by atoms with Crippen LogP contribution >= 0.6 is 0 Å². The van der Waals surface area contributed by atoms with Gasteiger partial charge in [0.1, 0.15) is 0 Å². The zero-order valence-electron chi connectivity index (χ0n) is 21.5. The molecule has 0 heterocycles. The van der Waals surface area contributed by atoms with Crippen molar-refractivity contribution in [2.45, 2.75) is 154 Å². The fraction of sp³-hybridized carbons (Fsp3) is 1.00. The van der Waals surface area contributed by atoms with Gasteiger partial charge in [0, 0.05) is 0 Å². The van der Waals surface area contributed by atoms with E-state index in [9.17, 15) is 20.4 Å². The van der Waals surface area contributed by atoms with Crippen molar-refractivity contribution in [1.29, 1.82) is 0 Å².